The topological polar surface area (TPSA) is 110 Å². The van der Waals surface area contributed by atoms with Gasteiger partial charge in [-0.1, -0.05) is 32.4 Å². The number of H-pyrrole nitrogens is 1. The Hall–Kier alpha value is -3.46. The summed E-state index contributed by atoms with van der Waals surface area (Å²) in [5, 5.41) is 12.5. The van der Waals surface area contributed by atoms with Gasteiger partial charge < -0.3 is 5.32 Å². The van der Waals surface area contributed by atoms with Gasteiger partial charge in [0.15, 0.2) is 5.65 Å². The molecule has 0 spiro atoms. The summed E-state index contributed by atoms with van der Waals surface area (Å²) in [6.45, 7) is 7.75. The molecule has 0 saturated carbocycles. The van der Waals surface area contributed by atoms with Crippen LogP contribution in [-0.2, 0) is 4.79 Å². The molecule has 0 aliphatic rings. The van der Waals surface area contributed by atoms with Crippen molar-refractivity contribution in [1.29, 1.82) is 0 Å². The quantitative estimate of drug-likeness (QED) is 0.504. The van der Waals surface area contributed by atoms with E-state index in [4.69, 9.17) is 11.6 Å². The maximum Gasteiger partial charge on any atom is 0.263 e. The smallest absolute Gasteiger partial charge is 0.263 e. The van der Waals surface area contributed by atoms with E-state index in [1.807, 2.05) is 20.8 Å². The van der Waals surface area contributed by atoms with E-state index >= 15 is 0 Å². The van der Waals surface area contributed by atoms with E-state index in [-0.39, 0.29) is 22.8 Å². The Morgan fingerprint density at radius 2 is 1.90 bits per heavy atom. The van der Waals surface area contributed by atoms with Gasteiger partial charge in [-0.25, -0.2) is 4.68 Å². The number of aromatic nitrogens is 6. The van der Waals surface area contributed by atoms with Crippen LogP contribution in [-0.4, -0.2) is 35.4 Å². The van der Waals surface area contributed by atoms with Crippen LogP contribution in [0, 0.1) is 12.3 Å². The molecule has 10 heteroatoms. The van der Waals surface area contributed by atoms with Crippen molar-refractivity contribution >= 4 is 34.4 Å². The number of anilines is 1. The van der Waals surface area contributed by atoms with Crippen LogP contribution in [0.5, 0.6) is 0 Å². The first kappa shape index (κ1) is 20.8. The van der Waals surface area contributed by atoms with Gasteiger partial charge in [-0.3, -0.25) is 14.6 Å². The van der Waals surface area contributed by atoms with Crippen molar-refractivity contribution in [2.45, 2.75) is 34.1 Å². The predicted molar refractivity (Wildman–Crippen MR) is 119 cm³/mol. The lowest BCUT2D eigenvalue weighted by Gasteiger charge is -2.17. The van der Waals surface area contributed by atoms with Crippen LogP contribution in [0.4, 0.5) is 5.82 Å². The molecule has 1 aromatic carbocycles. The van der Waals surface area contributed by atoms with Crippen LogP contribution in [0.25, 0.3) is 22.7 Å². The molecular formula is C21H22ClN7O2. The Morgan fingerprint density at radius 3 is 2.58 bits per heavy atom. The van der Waals surface area contributed by atoms with Crippen molar-refractivity contribution < 1.29 is 4.79 Å². The Bertz CT molecular complexity index is 1330. The first-order valence-corrected chi connectivity index (χ1v) is 10.1. The van der Waals surface area contributed by atoms with E-state index < -0.39 is 0 Å². The fourth-order valence-corrected chi connectivity index (χ4v) is 3.32. The van der Waals surface area contributed by atoms with Crippen LogP contribution in [0.15, 0.2) is 41.3 Å². The van der Waals surface area contributed by atoms with Gasteiger partial charge >= 0.3 is 0 Å². The number of benzene rings is 1. The number of rotatable bonds is 4. The van der Waals surface area contributed by atoms with Crippen molar-refractivity contribution in [2.24, 2.45) is 5.41 Å². The summed E-state index contributed by atoms with van der Waals surface area (Å²) < 4.78 is 2.97. The summed E-state index contributed by atoms with van der Waals surface area (Å²) in [6, 6.07) is 8.76. The largest absolute Gasteiger partial charge is 0.310 e. The molecule has 0 bridgehead atoms. The summed E-state index contributed by atoms with van der Waals surface area (Å²) in [5.74, 6) is 0.447. The average Bonchev–Trinajstić information content (AvgIpc) is 3.24. The van der Waals surface area contributed by atoms with Gasteiger partial charge in [-0.2, -0.15) is 19.9 Å². The molecule has 4 rings (SSSR count). The first-order chi connectivity index (χ1) is 14.6. The van der Waals surface area contributed by atoms with E-state index in [2.05, 4.69) is 25.5 Å². The van der Waals surface area contributed by atoms with Crippen LogP contribution < -0.4 is 10.9 Å². The van der Waals surface area contributed by atoms with E-state index in [1.165, 1.54) is 10.9 Å². The number of aromatic amines is 1. The van der Waals surface area contributed by atoms with Crippen molar-refractivity contribution in [3.05, 3.63) is 57.6 Å². The average molecular weight is 440 g/mol. The third-order valence-corrected chi connectivity index (χ3v) is 4.74. The minimum atomic E-state index is -0.361. The standard InChI is InChI=1S/C21H22ClN7O2/c1-12-9-16(24-17(30)10-21(2,3)4)29(27-12)20-25-18-15(19(31)26-20)11-23-28(18)14-7-5-13(22)6-8-14/h5-9,11H,10H2,1-4H3,(H,24,30)(H,25,26,31). The number of aryl methyl sites for hydroxylation is 1. The minimum Gasteiger partial charge on any atom is -0.310 e. The number of hydrogen-bond acceptors (Lipinski definition) is 5. The highest BCUT2D eigenvalue weighted by Crippen LogP contribution is 2.22. The normalized spacial score (nSPS) is 11.8. The Labute approximate surface area is 183 Å². The van der Waals surface area contributed by atoms with Crippen molar-refractivity contribution in [2.75, 3.05) is 5.32 Å². The number of fused-ring (bicyclic) bond motifs is 1. The van der Waals surface area contributed by atoms with E-state index in [0.717, 1.165) is 0 Å². The molecule has 3 heterocycles. The van der Waals surface area contributed by atoms with Gasteiger partial charge in [0.25, 0.3) is 5.56 Å². The predicted octanol–water partition coefficient (Wildman–Crippen LogP) is 3.63. The number of nitrogens with zero attached hydrogens (tertiary/aromatic N) is 5. The number of carbonyl (C=O) groups excluding carboxylic acids is 1. The summed E-state index contributed by atoms with van der Waals surface area (Å²) in [4.78, 5) is 32.5. The van der Waals surface area contributed by atoms with Gasteiger partial charge in [0.05, 0.1) is 17.6 Å². The Balaban J connectivity index is 1.79. The van der Waals surface area contributed by atoms with Crippen molar-refractivity contribution in [3.63, 3.8) is 0 Å². The van der Waals surface area contributed by atoms with Crippen LogP contribution >= 0.6 is 11.6 Å². The monoisotopic (exact) mass is 439 g/mol. The lowest BCUT2D eigenvalue weighted by molar-refractivity contribution is -0.117. The first-order valence-electron chi connectivity index (χ1n) is 9.72. The second-order valence-corrected chi connectivity index (χ2v) is 8.96. The number of carbonyl (C=O) groups is 1. The molecular weight excluding hydrogens is 418 g/mol. The molecule has 160 valence electrons. The van der Waals surface area contributed by atoms with Crippen molar-refractivity contribution in [3.8, 4) is 11.6 Å². The number of halogens is 1. The molecule has 0 radical (unpaired) electrons. The molecule has 2 N–H and O–H groups in total. The maximum absolute atomic E-state index is 12.7. The second kappa shape index (κ2) is 7.66. The highest BCUT2D eigenvalue weighted by Gasteiger charge is 2.20. The number of hydrogen-bond donors (Lipinski definition) is 2. The molecule has 1 amide bonds. The molecule has 4 aromatic rings. The molecule has 3 aromatic heterocycles. The number of nitrogens with one attached hydrogen (secondary N) is 2. The minimum absolute atomic E-state index is 0.150. The van der Waals surface area contributed by atoms with E-state index in [0.29, 0.717) is 39.7 Å². The third-order valence-electron chi connectivity index (χ3n) is 4.49. The van der Waals surface area contributed by atoms with Gasteiger partial charge in [0, 0.05) is 17.5 Å². The highest BCUT2D eigenvalue weighted by atomic mass is 35.5. The molecule has 0 fully saturated rings. The van der Waals surface area contributed by atoms with Gasteiger partial charge in [0.1, 0.15) is 11.2 Å². The molecule has 0 unspecified atom stereocenters. The van der Waals surface area contributed by atoms with Crippen LogP contribution in [0.3, 0.4) is 0 Å². The summed E-state index contributed by atoms with van der Waals surface area (Å²) >= 11 is 5.98. The fourth-order valence-electron chi connectivity index (χ4n) is 3.20. The molecule has 31 heavy (non-hydrogen) atoms. The zero-order chi connectivity index (χ0) is 22.3. The molecule has 0 atom stereocenters. The summed E-state index contributed by atoms with van der Waals surface area (Å²) in [7, 11) is 0. The van der Waals surface area contributed by atoms with E-state index in [1.54, 1.807) is 41.9 Å². The van der Waals surface area contributed by atoms with Crippen LogP contribution in [0.2, 0.25) is 5.02 Å². The highest BCUT2D eigenvalue weighted by molar-refractivity contribution is 6.30. The third kappa shape index (κ3) is 4.36. The van der Waals surface area contributed by atoms with Gasteiger partial charge in [0.2, 0.25) is 11.9 Å². The second-order valence-electron chi connectivity index (χ2n) is 8.53. The maximum atomic E-state index is 12.7. The molecule has 0 saturated heterocycles. The van der Waals surface area contributed by atoms with Crippen LogP contribution in [0.1, 0.15) is 32.9 Å². The zero-order valence-electron chi connectivity index (χ0n) is 17.6. The van der Waals surface area contributed by atoms with Gasteiger partial charge in [-0.05, 0) is 36.6 Å². The lowest BCUT2D eigenvalue weighted by Crippen LogP contribution is -2.22. The lowest BCUT2D eigenvalue weighted by atomic mass is 9.92. The fraction of sp³-hybridized carbons (Fsp3) is 0.286. The Kier molecular flexibility index (Phi) is 5.14. The SMILES string of the molecule is Cc1cc(NC(=O)CC(C)(C)C)n(-c2nc3c(cnn3-c3ccc(Cl)cc3)c(=O)[nH]2)n1. The zero-order valence-corrected chi connectivity index (χ0v) is 18.4. The molecule has 0 aliphatic carbocycles. The molecule has 9 nitrogen and oxygen atoms in total. The van der Waals surface area contributed by atoms with Gasteiger partial charge in [-0.15, -0.1) is 0 Å². The number of amides is 1. The Morgan fingerprint density at radius 1 is 1.19 bits per heavy atom. The van der Waals surface area contributed by atoms with Crippen molar-refractivity contribution in [1.82, 2.24) is 29.5 Å². The summed E-state index contributed by atoms with van der Waals surface area (Å²) in [6.07, 6.45) is 1.80. The molecule has 0 aliphatic heterocycles. The van der Waals surface area contributed by atoms with E-state index in [9.17, 15) is 9.59 Å². The summed E-state index contributed by atoms with van der Waals surface area (Å²) in [5.41, 5.74) is 1.21.